The van der Waals surface area contributed by atoms with Crippen LogP contribution in [0.1, 0.15) is 24.4 Å². The second kappa shape index (κ2) is 9.91. The van der Waals surface area contributed by atoms with Gasteiger partial charge in [-0.25, -0.2) is 0 Å². The van der Waals surface area contributed by atoms with Gasteiger partial charge in [0.15, 0.2) is 0 Å². The second-order valence-corrected chi connectivity index (χ2v) is 5.98. The maximum Gasteiger partial charge on any atom is 0.0637 e. The Morgan fingerprint density at radius 3 is 2.55 bits per heavy atom. The number of ether oxygens (including phenoxy) is 1. The number of rotatable bonds is 3. The molecular formula is C15H24Cl3N3O. The second-order valence-electron chi connectivity index (χ2n) is 5.58. The summed E-state index contributed by atoms with van der Waals surface area (Å²) in [6.07, 6.45) is 5.86. The Hall–Kier alpha value is -0.100. The third-order valence-corrected chi connectivity index (χ3v) is 4.70. The molecule has 0 spiro atoms. The molecule has 22 heavy (non-hydrogen) atoms. The maximum atomic E-state index is 6.42. The smallest absolute Gasteiger partial charge is 0.0637 e. The molecule has 126 valence electrons. The van der Waals surface area contributed by atoms with E-state index in [1.54, 1.807) is 6.20 Å². The first-order valence-corrected chi connectivity index (χ1v) is 7.86. The molecule has 3 rings (SSSR count). The predicted octanol–water partition coefficient (Wildman–Crippen LogP) is 2.95. The van der Waals surface area contributed by atoms with Crippen LogP contribution < -0.4 is 5.32 Å². The predicted molar refractivity (Wildman–Crippen MR) is 94.5 cm³/mol. The minimum absolute atomic E-state index is 0. The van der Waals surface area contributed by atoms with Gasteiger partial charge in [0.1, 0.15) is 0 Å². The minimum atomic E-state index is 0. The Morgan fingerprint density at radius 1 is 1.23 bits per heavy atom. The van der Waals surface area contributed by atoms with E-state index in [1.807, 2.05) is 6.20 Å². The Labute approximate surface area is 149 Å². The number of hydrogen-bond donors (Lipinski definition) is 1. The fourth-order valence-corrected chi connectivity index (χ4v) is 3.60. The summed E-state index contributed by atoms with van der Waals surface area (Å²) in [4.78, 5) is 6.71. The zero-order chi connectivity index (χ0) is 13.8. The van der Waals surface area contributed by atoms with Crippen LogP contribution in [0.4, 0.5) is 0 Å². The van der Waals surface area contributed by atoms with Gasteiger partial charge in [-0.1, -0.05) is 11.6 Å². The summed E-state index contributed by atoms with van der Waals surface area (Å²) in [5.41, 5.74) is 1.23. The van der Waals surface area contributed by atoms with Crippen LogP contribution in [-0.4, -0.2) is 49.3 Å². The molecule has 2 aliphatic rings. The fraction of sp³-hybridized carbons (Fsp3) is 0.667. The van der Waals surface area contributed by atoms with Gasteiger partial charge in [0.05, 0.1) is 5.02 Å². The van der Waals surface area contributed by atoms with Crippen LogP contribution in [0.15, 0.2) is 18.5 Å². The third kappa shape index (κ3) is 4.70. The number of halogens is 3. The molecule has 1 atom stereocenters. The first-order valence-electron chi connectivity index (χ1n) is 7.48. The SMILES string of the molecule is Cl.Cl.Clc1cnccc1[C@@H](C1CCOCC1)N1CCNCC1. The zero-order valence-electron chi connectivity index (χ0n) is 12.5. The minimum Gasteiger partial charge on any atom is -0.381 e. The van der Waals surface area contributed by atoms with Crippen molar-refractivity contribution in [1.29, 1.82) is 0 Å². The molecule has 0 aromatic carbocycles. The van der Waals surface area contributed by atoms with E-state index in [2.05, 4.69) is 21.3 Å². The fourth-order valence-electron chi connectivity index (χ4n) is 3.37. The molecule has 1 aromatic heterocycles. The van der Waals surface area contributed by atoms with Crippen molar-refractivity contribution in [3.05, 3.63) is 29.0 Å². The number of pyridine rings is 1. The lowest BCUT2D eigenvalue weighted by molar-refractivity contribution is 0.0213. The maximum absolute atomic E-state index is 6.42. The number of piperazine rings is 1. The van der Waals surface area contributed by atoms with Gasteiger partial charge < -0.3 is 10.1 Å². The van der Waals surface area contributed by atoms with Crippen LogP contribution in [0.3, 0.4) is 0 Å². The van der Waals surface area contributed by atoms with Crippen molar-refractivity contribution in [2.45, 2.75) is 18.9 Å². The highest BCUT2D eigenvalue weighted by molar-refractivity contribution is 6.31. The average Bonchev–Trinajstić information content (AvgIpc) is 2.52. The lowest BCUT2D eigenvalue weighted by Crippen LogP contribution is -2.47. The van der Waals surface area contributed by atoms with Gasteiger partial charge in [-0.05, 0) is 30.4 Å². The monoisotopic (exact) mass is 367 g/mol. The topological polar surface area (TPSA) is 37.4 Å². The van der Waals surface area contributed by atoms with Crippen LogP contribution in [0.2, 0.25) is 5.02 Å². The van der Waals surface area contributed by atoms with Crippen molar-refractivity contribution in [2.24, 2.45) is 5.92 Å². The van der Waals surface area contributed by atoms with Crippen LogP contribution in [-0.2, 0) is 4.74 Å². The van der Waals surface area contributed by atoms with E-state index in [0.29, 0.717) is 12.0 Å². The van der Waals surface area contributed by atoms with Crippen molar-refractivity contribution < 1.29 is 4.74 Å². The number of nitrogens with zero attached hydrogens (tertiary/aromatic N) is 2. The first-order chi connectivity index (χ1) is 9.86. The molecule has 0 radical (unpaired) electrons. The number of aromatic nitrogens is 1. The van der Waals surface area contributed by atoms with Gasteiger partial charge in [0, 0.05) is 57.8 Å². The normalized spacial score (nSPS) is 21.5. The van der Waals surface area contributed by atoms with Crippen molar-refractivity contribution in [2.75, 3.05) is 39.4 Å². The van der Waals surface area contributed by atoms with E-state index in [9.17, 15) is 0 Å². The number of hydrogen-bond acceptors (Lipinski definition) is 4. The van der Waals surface area contributed by atoms with Crippen LogP contribution in [0, 0.1) is 5.92 Å². The highest BCUT2D eigenvalue weighted by Gasteiger charge is 2.32. The van der Waals surface area contributed by atoms with Crippen molar-refractivity contribution in [3.63, 3.8) is 0 Å². The highest BCUT2D eigenvalue weighted by Crippen LogP contribution is 2.37. The molecular weight excluding hydrogens is 345 g/mol. The summed E-state index contributed by atoms with van der Waals surface area (Å²) in [5, 5.41) is 4.22. The Morgan fingerprint density at radius 2 is 1.91 bits per heavy atom. The molecule has 0 unspecified atom stereocenters. The lowest BCUT2D eigenvalue weighted by Gasteiger charge is -2.41. The van der Waals surface area contributed by atoms with Gasteiger partial charge in [0.2, 0.25) is 0 Å². The number of nitrogens with one attached hydrogen (secondary N) is 1. The molecule has 0 aliphatic carbocycles. The van der Waals surface area contributed by atoms with Gasteiger partial charge in [-0.15, -0.1) is 24.8 Å². The van der Waals surface area contributed by atoms with Gasteiger partial charge >= 0.3 is 0 Å². The van der Waals surface area contributed by atoms with Crippen molar-refractivity contribution >= 4 is 36.4 Å². The molecule has 2 fully saturated rings. The Kier molecular flexibility index (Phi) is 8.98. The van der Waals surface area contributed by atoms with Crippen molar-refractivity contribution in [1.82, 2.24) is 15.2 Å². The molecule has 1 N–H and O–H groups in total. The van der Waals surface area contributed by atoms with E-state index in [-0.39, 0.29) is 24.8 Å². The van der Waals surface area contributed by atoms with E-state index in [0.717, 1.165) is 57.3 Å². The van der Waals surface area contributed by atoms with Crippen LogP contribution in [0.25, 0.3) is 0 Å². The Bertz CT molecular complexity index is 420. The summed E-state index contributed by atoms with van der Waals surface area (Å²) in [6.45, 7) is 6.03. The molecule has 4 nitrogen and oxygen atoms in total. The summed E-state index contributed by atoms with van der Waals surface area (Å²) in [6, 6.07) is 2.49. The summed E-state index contributed by atoms with van der Waals surface area (Å²) in [7, 11) is 0. The first kappa shape index (κ1) is 19.9. The van der Waals surface area contributed by atoms with Crippen LogP contribution in [0.5, 0.6) is 0 Å². The summed E-state index contributed by atoms with van der Waals surface area (Å²) >= 11 is 6.42. The molecule has 0 bridgehead atoms. The van der Waals surface area contributed by atoms with Gasteiger partial charge in [-0.3, -0.25) is 9.88 Å². The van der Waals surface area contributed by atoms with Crippen molar-refractivity contribution in [3.8, 4) is 0 Å². The molecule has 2 aliphatic heterocycles. The highest BCUT2D eigenvalue weighted by atomic mass is 35.5. The average molecular weight is 369 g/mol. The van der Waals surface area contributed by atoms with Crippen LogP contribution >= 0.6 is 36.4 Å². The van der Waals surface area contributed by atoms with E-state index >= 15 is 0 Å². The van der Waals surface area contributed by atoms with E-state index in [1.165, 1.54) is 5.56 Å². The van der Waals surface area contributed by atoms with E-state index in [4.69, 9.17) is 16.3 Å². The van der Waals surface area contributed by atoms with Gasteiger partial charge in [-0.2, -0.15) is 0 Å². The molecule has 0 saturated carbocycles. The quantitative estimate of drug-likeness (QED) is 0.890. The van der Waals surface area contributed by atoms with Gasteiger partial charge in [0.25, 0.3) is 0 Å². The molecule has 3 heterocycles. The third-order valence-electron chi connectivity index (χ3n) is 4.38. The largest absolute Gasteiger partial charge is 0.381 e. The Balaban J connectivity index is 0.00000121. The molecule has 7 heteroatoms. The molecule has 1 aromatic rings. The standard InChI is InChI=1S/C15H22ClN3O.2ClH/c16-14-11-18-4-1-13(14)15(12-2-9-20-10-3-12)19-7-5-17-6-8-19;;/h1,4,11-12,15,17H,2-3,5-10H2;2*1H/t15-;;/m1../s1. The van der Waals surface area contributed by atoms with E-state index < -0.39 is 0 Å². The zero-order valence-corrected chi connectivity index (χ0v) is 14.9. The molecule has 2 saturated heterocycles. The lowest BCUT2D eigenvalue weighted by atomic mass is 9.86. The summed E-state index contributed by atoms with van der Waals surface area (Å²) in [5.74, 6) is 0.627. The summed E-state index contributed by atoms with van der Waals surface area (Å²) < 4.78 is 5.53. The molecule has 0 amide bonds.